The van der Waals surface area contributed by atoms with Gasteiger partial charge in [-0.3, -0.25) is 0 Å². The fourth-order valence-electron chi connectivity index (χ4n) is 1.30. The molecule has 0 aliphatic rings. The van der Waals surface area contributed by atoms with E-state index in [0.717, 1.165) is 24.5 Å². The minimum absolute atomic E-state index is 0.462. The molecule has 2 heterocycles. The van der Waals surface area contributed by atoms with Gasteiger partial charge >= 0.3 is 0 Å². The second-order valence-electron chi connectivity index (χ2n) is 3.28. The average molecular weight is 255 g/mol. The summed E-state index contributed by atoms with van der Waals surface area (Å²) in [5.41, 5.74) is 2.93. The molecule has 0 saturated carbocycles. The van der Waals surface area contributed by atoms with E-state index in [9.17, 15) is 0 Å². The summed E-state index contributed by atoms with van der Waals surface area (Å²) in [5, 5.41) is 5.70. The van der Waals surface area contributed by atoms with Gasteiger partial charge in [-0.1, -0.05) is 11.6 Å². The van der Waals surface area contributed by atoms with Gasteiger partial charge in [0.05, 0.1) is 11.2 Å². The molecule has 16 heavy (non-hydrogen) atoms. The van der Waals surface area contributed by atoms with Crippen LogP contribution in [0.3, 0.4) is 0 Å². The van der Waals surface area contributed by atoms with Crippen molar-refractivity contribution in [2.24, 2.45) is 0 Å². The van der Waals surface area contributed by atoms with Gasteiger partial charge in [-0.15, -0.1) is 11.3 Å². The lowest BCUT2D eigenvalue weighted by atomic mass is 10.3. The molecule has 2 aromatic rings. The molecule has 0 bridgehead atoms. The summed E-state index contributed by atoms with van der Waals surface area (Å²) in [7, 11) is 0. The van der Waals surface area contributed by atoms with Gasteiger partial charge in [0, 0.05) is 24.4 Å². The van der Waals surface area contributed by atoms with E-state index in [2.05, 4.69) is 20.3 Å². The number of rotatable bonds is 4. The van der Waals surface area contributed by atoms with Gasteiger partial charge in [-0.25, -0.2) is 15.0 Å². The molecule has 6 heteroatoms. The highest BCUT2D eigenvalue weighted by atomic mass is 35.5. The number of anilines is 1. The monoisotopic (exact) mass is 254 g/mol. The second-order valence-corrected chi connectivity index (χ2v) is 4.39. The van der Waals surface area contributed by atoms with Crippen LogP contribution in [-0.2, 0) is 6.42 Å². The molecule has 0 aliphatic carbocycles. The van der Waals surface area contributed by atoms with Gasteiger partial charge in [0.25, 0.3) is 0 Å². The van der Waals surface area contributed by atoms with Gasteiger partial charge in [-0.2, -0.15) is 0 Å². The minimum atomic E-state index is 0.462. The zero-order chi connectivity index (χ0) is 11.4. The standard InChI is InChI=1S/C10H11ClN4S/c1-7-14-9(11)4-10(15-7)12-3-2-8-5-16-6-13-8/h4-6H,2-3H2,1H3,(H,12,14,15). The van der Waals surface area contributed by atoms with E-state index in [4.69, 9.17) is 11.6 Å². The lowest BCUT2D eigenvalue weighted by molar-refractivity contribution is 0.955. The summed E-state index contributed by atoms with van der Waals surface area (Å²) >= 11 is 7.43. The molecule has 0 amide bonds. The Hall–Kier alpha value is -1.20. The topological polar surface area (TPSA) is 50.7 Å². The van der Waals surface area contributed by atoms with Crippen molar-refractivity contribution >= 4 is 28.8 Å². The van der Waals surface area contributed by atoms with E-state index in [1.165, 1.54) is 0 Å². The Morgan fingerprint density at radius 3 is 3.00 bits per heavy atom. The van der Waals surface area contributed by atoms with Crippen LogP contribution in [0.2, 0.25) is 5.15 Å². The average Bonchev–Trinajstić information content (AvgIpc) is 2.69. The largest absolute Gasteiger partial charge is 0.370 e. The summed E-state index contributed by atoms with van der Waals surface area (Å²) in [4.78, 5) is 12.4. The molecule has 84 valence electrons. The van der Waals surface area contributed by atoms with Gasteiger partial charge < -0.3 is 5.32 Å². The Balaban J connectivity index is 1.89. The van der Waals surface area contributed by atoms with Crippen LogP contribution >= 0.6 is 22.9 Å². The number of thiazole rings is 1. The minimum Gasteiger partial charge on any atom is -0.370 e. The first-order valence-electron chi connectivity index (χ1n) is 4.86. The summed E-state index contributed by atoms with van der Waals surface area (Å²) in [6, 6.07) is 1.72. The van der Waals surface area contributed by atoms with Crippen LogP contribution in [0.15, 0.2) is 17.0 Å². The molecule has 2 rings (SSSR count). The van der Waals surface area contributed by atoms with Crippen LogP contribution in [0.5, 0.6) is 0 Å². The predicted octanol–water partition coefficient (Wildman–Crippen LogP) is 2.55. The zero-order valence-corrected chi connectivity index (χ0v) is 10.3. The van der Waals surface area contributed by atoms with Crippen LogP contribution in [-0.4, -0.2) is 21.5 Å². The van der Waals surface area contributed by atoms with Crippen LogP contribution in [0.4, 0.5) is 5.82 Å². The molecule has 4 nitrogen and oxygen atoms in total. The summed E-state index contributed by atoms with van der Waals surface area (Å²) < 4.78 is 0. The molecule has 0 spiro atoms. The van der Waals surface area contributed by atoms with Crippen molar-refractivity contribution in [3.05, 3.63) is 33.6 Å². The lowest BCUT2D eigenvalue weighted by Crippen LogP contribution is -2.07. The first kappa shape index (κ1) is 11.3. The molecule has 0 radical (unpaired) electrons. The third-order valence-corrected chi connectivity index (χ3v) is 2.81. The Morgan fingerprint density at radius 1 is 1.44 bits per heavy atom. The van der Waals surface area contributed by atoms with Crippen molar-refractivity contribution in [2.45, 2.75) is 13.3 Å². The number of hydrogen-bond donors (Lipinski definition) is 1. The van der Waals surface area contributed by atoms with E-state index in [1.54, 1.807) is 17.4 Å². The molecule has 1 N–H and O–H groups in total. The van der Waals surface area contributed by atoms with Gasteiger partial charge in [0.15, 0.2) is 0 Å². The van der Waals surface area contributed by atoms with Crippen LogP contribution < -0.4 is 5.32 Å². The highest BCUT2D eigenvalue weighted by Crippen LogP contribution is 2.11. The molecule has 0 unspecified atom stereocenters. The highest BCUT2D eigenvalue weighted by Gasteiger charge is 2.00. The highest BCUT2D eigenvalue weighted by molar-refractivity contribution is 7.07. The summed E-state index contributed by atoms with van der Waals surface area (Å²) in [6.45, 7) is 2.61. The smallest absolute Gasteiger partial charge is 0.134 e. The van der Waals surface area contributed by atoms with E-state index in [1.807, 2.05) is 17.8 Å². The second kappa shape index (κ2) is 5.23. The normalized spacial score (nSPS) is 10.4. The van der Waals surface area contributed by atoms with Crippen molar-refractivity contribution in [3.8, 4) is 0 Å². The maximum Gasteiger partial charge on any atom is 0.134 e. The molecule has 0 aliphatic heterocycles. The maximum atomic E-state index is 5.83. The summed E-state index contributed by atoms with van der Waals surface area (Å²) in [6.07, 6.45) is 0.879. The number of nitrogens with zero attached hydrogens (tertiary/aromatic N) is 3. The first-order chi connectivity index (χ1) is 7.74. The first-order valence-corrected chi connectivity index (χ1v) is 6.18. The van der Waals surface area contributed by atoms with Crippen molar-refractivity contribution in [2.75, 3.05) is 11.9 Å². The van der Waals surface area contributed by atoms with E-state index < -0.39 is 0 Å². The zero-order valence-electron chi connectivity index (χ0n) is 8.77. The van der Waals surface area contributed by atoms with Crippen molar-refractivity contribution in [3.63, 3.8) is 0 Å². The predicted molar refractivity (Wildman–Crippen MR) is 66.1 cm³/mol. The third-order valence-electron chi connectivity index (χ3n) is 1.98. The maximum absolute atomic E-state index is 5.83. The quantitative estimate of drug-likeness (QED) is 0.852. The van der Waals surface area contributed by atoms with E-state index in [0.29, 0.717) is 11.0 Å². The fraction of sp³-hybridized carbons (Fsp3) is 0.300. The molecule has 0 fully saturated rings. The Kier molecular flexibility index (Phi) is 3.69. The van der Waals surface area contributed by atoms with Crippen molar-refractivity contribution in [1.29, 1.82) is 0 Å². The van der Waals surface area contributed by atoms with Crippen LogP contribution in [0, 0.1) is 6.92 Å². The van der Waals surface area contributed by atoms with Gasteiger partial charge in [-0.05, 0) is 6.92 Å². The van der Waals surface area contributed by atoms with Gasteiger partial charge in [0.2, 0.25) is 0 Å². The molecular formula is C10H11ClN4S. The lowest BCUT2D eigenvalue weighted by Gasteiger charge is -2.05. The van der Waals surface area contributed by atoms with E-state index >= 15 is 0 Å². The molecule has 0 saturated heterocycles. The third kappa shape index (κ3) is 3.15. The van der Waals surface area contributed by atoms with Crippen molar-refractivity contribution in [1.82, 2.24) is 15.0 Å². The Labute approximate surface area is 103 Å². The SMILES string of the molecule is Cc1nc(Cl)cc(NCCc2cscn2)n1. The number of aryl methyl sites for hydroxylation is 1. The molecular weight excluding hydrogens is 244 g/mol. The van der Waals surface area contributed by atoms with E-state index in [-0.39, 0.29) is 0 Å². The summed E-state index contributed by atoms with van der Waals surface area (Å²) in [5.74, 6) is 1.43. The van der Waals surface area contributed by atoms with Gasteiger partial charge in [0.1, 0.15) is 16.8 Å². The number of aromatic nitrogens is 3. The Bertz CT molecular complexity index is 438. The number of hydrogen-bond acceptors (Lipinski definition) is 5. The molecule has 2 aromatic heterocycles. The number of nitrogens with one attached hydrogen (secondary N) is 1. The van der Waals surface area contributed by atoms with Crippen LogP contribution in [0.25, 0.3) is 0 Å². The van der Waals surface area contributed by atoms with Crippen molar-refractivity contribution < 1.29 is 0 Å². The number of halogens is 1. The molecule has 0 atom stereocenters. The van der Waals surface area contributed by atoms with Crippen LogP contribution in [0.1, 0.15) is 11.5 Å². The Morgan fingerprint density at radius 2 is 2.31 bits per heavy atom. The fourth-order valence-corrected chi connectivity index (χ4v) is 2.12. The molecule has 0 aromatic carbocycles.